The molecule has 0 radical (unpaired) electrons. The number of aliphatic hydroxyl groups excluding tert-OH is 1. The molecule has 2 aromatic rings. The highest BCUT2D eigenvalue weighted by atomic mass is 35.5. The van der Waals surface area contributed by atoms with E-state index in [4.69, 9.17) is 11.6 Å². The van der Waals surface area contributed by atoms with Gasteiger partial charge in [0.15, 0.2) is 5.78 Å². The molecule has 0 aliphatic heterocycles. The van der Waals surface area contributed by atoms with Crippen LogP contribution < -0.4 is 0 Å². The van der Waals surface area contributed by atoms with Crippen molar-refractivity contribution in [2.75, 3.05) is 0 Å². The number of hydrogen-bond donors (Lipinski definition) is 1. The number of Topliss-reactive ketones (excluding diaryl/α,β-unsaturated/α-hetero) is 1. The molecule has 1 aliphatic rings. The van der Waals surface area contributed by atoms with E-state index in [2.05, 4.69) is 50.3 Å². The number of carbonyl (C=O) groups excluding carboxylic acids is 1. The molecule has 0 spiro atoms. The summed E-state index contributed by atoms with van der Waals surface area (Å²) in [4.78, 5) is 13.5. The monoisotopic (exact) mass is 416 g/mol. The highest BCUT2D eigenvalue weighted by Crippen LogP contribution is 2.40. The van der Waals surface area contributed by atoms with Crippen LogP contribution in [0.4, 0.5) is 0 Å². The minimum atomic E-state index is -0.374. The average molecular weight is 417 g/mol. The molecule has 4 atom stereocenters. The zero-order valence-electron chi connectivity index (χ0n) is 16.8. The summed E-state index contributed by atoms with van der Waals surface area (Å²) < 4.78 is 0. The van der Waals surface area contributed by atoms with Gasteiger partial charge in [-0.1, -0.05) is 41.5 Å². The third-order valence-corrected chi connectivity index (χ3v) is 7.34. The van der Waals surface area contributed by atoms with Crippen molar-refractivity contribution in [3.63, 3.8) is 0 Å². The summed E-state index contributed by atoms with van der Waals surface area (Å²) in [6, 6.07) is 10.5. The van der Waals surface area contributed by atoms with E-state index in [-0.39, 0.29) is 29.1 Å². The number of aryl methyl sites for hydroxylation is 3. The molecule has 4 heteroatoms. The summed E-state index contributed by atoms with van der Waals surface area (Å²) in [7, 11) is 0. The van der Waals surface area contributed by atoms with Crippen LogP contribution >= 0.6 is 22.9 Å². The van der Waals surface area contributed by atoms with Gasteiger partial charge in [0.1, 0.15) is 0 Å². The van der Waals surface area contributed by atoms with Crippen LogP contribution in [-0.2, 0) is 6.42 Å². The second kappa shape index (κ2) is 9.39. The highest BCUT2D eigenvalue weighted by Gasteiger charge is 2.39. The number of aliphatic hydroxyl groups is 1. The Hall–Kier alpha value is -1.42. The van der Waals surface area contributed by atoms with Crippen LogP contribution in [0.2, 0.25) is 0 Å². The van der Waals surface area contributed by atoms with E-state index in [0.717, 1.165) is 24.1 Å². The minimum absolute atomic E-state index is 0.0139. The number of alkyl halides is 1. The molecule has 1 heterocycles. The first kappa shape index (κ1) is 21.3. The smallest absolute Gasteiger partial charge is 0.169 e. The minimum Gasteiger partial charge on any atom is -0.392 e. The molecule has 1 aliphatic carbocycles. The lowest BCUT2D eigenvalue weighted by Crippen LogP contribution is -2.18. The van der Waals surface area contributed by atoms with E-state index in [1.165, 1.54) is 21.6 Å². The molecule has 2 nitrogen and oxygen atoms in total. The Kier molecular flexibility index (Phi) is 7.14. The number of halogens is 1. The Morgan fingerprint density at radius 2 is 1.96 bits per heavy atom. The molecule has 1 N–H and O–H groups in total. The predicted octanol–water partition coefficient (Wildman–Crippen LogP) is 6.21. The maximum atomic E-state index is 11.5. The van der Waals surface area contributed by atoms with Crippen molar-refractivity contribution in [1.29, 1.82) is 0 Å². The highest BCUT2D eigenvalue weighted by molar-refractivity contribution is 7.14. The fraction of sp³-hybridized carbons (Fsp3) is 0.458. The van der Waals surface area contributed by atoms with Gasteiger partial charge in [-0.15, -0.1) is 22.9 Å². The Morgan fingerprint density at radius 3 is 2.61 bits per heavy atom. The van der Waals surface area contributed by atoms with Crippen molar-refractivity contribution in [3.05, 3.63) is 62.9 Å². The number of carbonyl (C=O) groups is 1. The second-order valence-corrected chi connectivity index (χ2v) is 9.78. The fourth-order valence-corrected chi connectivity index (χ4v) is 5.70. The quantitative estimate of drug-likeness (QED) is 0.430. The molecule has 150 valence electrons. The molecule has 3 rings (SSSR count). The molecule has 1 fully saturated rings. The fourth-order valence-electron chi connectivity index (χ4n) is 4.28. The van der Waals surface area contributed by atoms with Gasteiger partial charge in [0.05, 0.1) is 11.0 Å². The maximum Gasteiger partial charge on any atom is 0.169 e. The van der Waals surface area contributed by atoms with Crippen LogP contribution in [0.1, 0.15) is 57.4 Å². The first-order valence-corrected chi connectivity index (χ1v) is 11.3. The Bertz CT molecular complexity index is 834. The number of ketones is 1. The van der Waals surface area contributed by atoms with Crippen molar-refractivity contribution in [2.24, 2.45) is 11.8 Å². The second-order valence-electron chi connectivity index (χ2n) is 8.05. The van der Waals surface area contributed by atoms with E-state index in [1.807, 2.05) is 6.07 Å². The number of rotatable bonds is 7. The van der Waals surface area contributed by atoms with Gasteiger partial charge in [-0.05, 0) is 70.1 Å². The summed E-state index contributed by atoms with van der Waals surface area (Å²) >= 11 is 8.18. The van der Waals surface area contributed by atoms with Gasteiger partial charge in [-0.25, -0.2) is 0 Å². The van der Waals surface area contributed by atoms with Crippen LogP contribution in [0.25, 0.3) is 6.08 Å². The molecule has 0 amide bonds. The lowest BCUT2D eigenvalue weighted by atomic mass is 9.89. The molecular weight excluding hydrogens is 388 g/mol. The van der Waals surface area contributed by atoms with Gasteiger partial charge < -0.3 is 5.11 Å². The summed E-state index contributed by atoms with van der Waals surface area (Å²) in [5.74, 6) is 0.512. The van der Waals surface area contributed by atoms with Gasteiger partial charge >= 0.3 is 0 Å². The third kappa shape index (κ3) is 5.34. The molecule has 1 aromatic carbocycles. The molecule has 1 aromatic heterocycles. The number of thiophene rings is 1. The maximum absolute atomic E-state index is 11.5. The molecular formula is C24H29ClO2S. The van der Waals surface area contributed by atoms with E-state index >= 15 is 0 Å². The topological polar surface area (TPSA) is 37.3 Å². The molecule has 0 saturated heterocycles. The largest absolute Gasteiger partial charge is 0.392 e. The standard InChI is InChI=1S/C24H29ClO2S/c1-15-11-16(2)13-18(12-15)7-9-21-20(22(25)14-23(21)27)6-4-5-19-8-10-24(28-19)17(3)26/h7-13,20-23,27H,4-6,14H2,1-3H3/b9-7+/t20-,21-,22-,23-/m1/s1. The van der Waals surface area contributed by atoms with Gasteiger partial charge in [0.2, 0.25) is 0 Å². The normalized spacial score (nSPS) is 24.9. The third-order valence-electron chi connectivity index (χ3n) is 5.59. The van der Waals surface area contributed by atoms with Crippen molar-refractivity contribution in [1.82, 2.24) is 0 Å². The van der Waals surface area contributed by atoms with Crippen LogP contribution in [0.5, 0.6) is 0 Å². The Balaban J connectivity index is 1.62. The summed E-state index contributed by atoms with van der Waals surface area (Å²) in [5.41, 5.74) is 3.68. The molecule has 0 unspecified atom stereocenters. The van der Waals surface area contributed by atoms with Gasteiger partial charge in [-0.3, -0.25) is 4.79 Å². The van der Waals surface area contributed by atoms with E-state index < -0.39 is 0 Å². The van der Waals surface area contributed by atoms with E-state index in [9.17, 15) is 9.90 Å². The van der Waals surface area contributed by atoms with Crippen LogP contribution in [-0.4, -0.2) is 22.4 Å². The van der Waals surface area contributed by atoms with Gasteiger partial charge in [-0.2, -0.15) is 0 Å². The zero-order valence-corrected chi connectivity index (χ0v) is 18.4. The van der Waals surface area contributed by atoms with Crippen LogP contribution in [0.3, 0.4) is 0 Å². The van der Waals surface area contributed by atoms with Gasteiger partial charge in [0, 0.05) is 16.2 Å². The SMILES string of the molecule is CC(=O)c1ccc(CCC[C@@H]2[C@@H](/C=C/c3cc(C)cc(C)c3)[C@H](O)C[C@H]2Cl)s1. The molecule has 1 saturated carbocycles. The van der Waals surface area contributed by atoms with Crippen molar-refractivity contribution in [3.8, 4) is 0 Å². The molecule has 28 heavy (non-hydrogen) atoms. The van der Waals surface area contributed by atoms with Crippen LogP contribution in [0, 0.1) is 25.7 Å². The summed E-state index contributed by atoms with van der Waals surface area (Å²) in [6.07, 6.45) is 7.54. The summed E-state index contributed by atoms with van der Waals surface area (Å²) in [6.45, 7) is 5.82. The van der Waals surface area contributed by atoms with E-state index in [0.29, 0.717) is 6.42 Å². The zero-order chi connectivity index (χ0) is 20.3. The molecule has 0 bridgehead atoms. The average Bonchev–Trinajstić information content (AvgIpc) is 3.18. The summed E-state index contributed by atoms with van der Waals surface area (Å²) in [5, 5.41) is 10.5. The lowest BCUT2D eigenvalue weighted by molar-refractivity contribution is 0.102. The van der Waals surface area contributed by atoms with E-state index in [1.54, 1.807) is 18.3 Å². The Labute approximate surface area is 177 Å². The Morgan fingerprint density at radius 1 is 1.25 bits per heavy atom. The number of benzene rings is 1. The first-order chi connectivity index (χ1) is 13.3. The van der Waals surface area contributed by atoms with Crippen LogP contribution in [0.15, 0.2) is 36.4 Å². The van der Waals surface area contributed by atoms with Crippen molar-refractivity contribution < 1.29 is 9.90 Å². The van der Waals surface area contributed by atoms with Crippen molar-refractivity contribution in [2.45, 2.75) is 57.9 Å². The van der Waals surface area contributed by atoms with Gasteiger partial charge in [0.25, 0.3) is 0 Å². The number of hydrogen-bond acceptors (Lipinski definition) is 3. The van der Waals surface area contributed by atoms with Crippen molar-refractivity contribution >= 4 is 34.8 Å². The lowest BCUT2D eigenvalue weighted by Gasteiger charge is -2.20. The first-order valence-electron chi connectivity index (χ1n) is 10.0. The predicted molar refractivity (Wildman–Crippen MR) is 119 cm³/mol.